The Hall–Kier alpha value is -1.62. The summed E-state index contributed by atoms with van der Waals surface area (Å²) in [5.74, 6) is 1.17. The van der Waals surface area contributed by atoms with E-state index in [0.717, 1.165) is 6.61 Å². The molecule has 0 aromatic heterocycles. The lowest BCUT2D eigenvalue weighted by Crippen LogP contribution is -2.41. The van der Waals surface area contributed by atoms with Crippen molar-refractivity contribution < 1.29 is 14.0 Å². The molecule has 28 heavy (non-hydrogen) atoms. The minimum absolute atomic E-state index is 0.181. The van der Waals surface area contributed by atoms with Gasteiger partial charge in [-0.2, -0.15) is 0 Å². The van der Waals surface area contributed by atoms with E-state index >= 15 is 0 Å². The minimum atomic E-state index is -0.300. The van der Waals surface area contributed by atoms with Crippen molar-refractivity contribution in [2.75, 3.05) is 6.61 Å². The van der Waals surface area contributed by atoms with Gasteiger partial charge in [0.15, 0.2) is 0 Å². The van der Waals surface area contributed by atoms with Gasteiger partial charge in [-0.25, -0.2) is 0 Å². The Morgan fingerprint density at radius 1 is 0.893 bits per heavy atom. The van der Waals surface area contributed by atoms with Gasteiger partial charge in [0.1, 0.15) is 0 Å². The molecule has 3 atom stereocenters. The molecule has 0 spiro atoms. The van der Waals surface area contributed by atoms with E-state index in [-0.39, 0.29) is 18.3 Å². The first-order valence-electron chi connectivity index (χ1n) is 10.3. The van der Waals surface area contributed by atoms with Crippen LogP contribution in [0.4, 0.5) is 0 Å². The topological polar surface area (TPSA) is 27.7 Å². The van der Waals surface area contributed by atoms with Crippen LogP contribution in [0, 0.1) is 12.8 Å². The van der Waals surface area contributed by atoms with E-state index in [1.807, 2.05) is 6.07 Å². The average Bonchev–Trinajstić information content (AvgIpc) is 3.30. The Bertz CT molecular complexity index is 802. The lowest BCUT2D eigenvalue weighted by Gasteiger charge is -2.32. The van der Waals surface area contributed by atoms with Gasteiger partial charge in [0, 0.05) is 5.82 Å². The maximum atomic E-state index is 6.40. The van der Waals surface area contributed by atoms with Crippen molar-refractivity contribution in [1.82, 2.24) is 0 Å². The maximum Gasteiger partial charge on any atom is 0.462 e. The van der Waals surface area contributed by atoms with Gasteiger partial charge in [-0.3, -0.25) is 0 Å². The van der Waals surface area contributed by atoms with Crippen molar-refractivity contribution >= 4 is 7.12 Å². The summed E-state index contributed by atoms with van der Waals surface area (Å²) in [4.78, 5) is 0. The molecule has 1 aliphatic heterocycles. The van der Waals surface area contributed by atoms with Crippen molar-refractivity contribution in [3.63, 3.8) is 0 Å². The van der Waals surface area contributed by atoms with Gasteiger partial charge in [0.25, 0.3) is 0 Å². The van der Waals surface area contributed by atoms with Crippen LogP contribution in [0.15, 0.2) is 54.6 Å². The zero-order valence-corrected chi connectivity index (χ0v) is 17.6. The van der Waals surface area contributed by atoms with E-state index in [2.05, 4.69) is 83.1 Å². The van der Waals surface area contributed by atoms with Crippen LogP contribution in [0.3, 0.4) is 0 Å². The molecule has 1 saturated heterocycles. The molecule has 2 aromatic rings. The van der Waals surface area contributed by atoms with Crippen LogP contribution in [0.1, 0.15) is 50.3 Å². The Morgan fingerprint density at radius 3 is 2.14 bits per heavy atom. The number of ether oxygens (including phenoxy) is 1. The predicted octanol–water partition coefficient (Wildman–Crippen LogP) is 5.39. The molecule has 0 unspecified atom stereocenters. The lowest BCUT2D eigenvalue weighted by molar-refractivity contribution is 0.00578. The molecule has 0 N–H and O–H groups in total. The summed E-state index contributed by atoms with van der Waals surface area (Å²) in [5.41, 5.74) is 3.34. The summed E-state index contributed by atoms with van der Waals surface area (Å²) in [7, 11) is -0.181. The summed E-state index contributed by atoms with van der Waals surface area (Å²) in [6, 6.07) is 19.0. The summed E-state index contributed by atoms with van der Waals surface area (Å²) in [6.45, 7) is 12.1. The monoisotopic (exact) mass is 378 g/mol. The molecule has 0 amide bonds. The zero-order valence-electron chi connectivity index (χ0n) is 17.6. The SMILES string of the molecule is Cc1ccccc1[C@H]1[C@H](COCc2ccccc2)[C@@H]1B1OC(C)(C)C(C)(C)O1. The molecule has 3 nitrogen and oxygen atoms in total. The van der Waals surface area contributed by atoms with Gasteiger partial charge >= 0.3 is 7.12 Å². The Balaban J connectivity index is 1.49. The van der Waals surface area contributed by atoms with Crippen LogP contribution in [0.2, 0.25) is 5.82 Å². The normalized spacial score (nSPS) is 27.8. The molecule has 2 aromatic carbocycles. The first-order valence-corrected chi connectivity index (χ1v) is 10.3. The number of hydrogen-bond donors (Lipinski definition) is 0. The highest BCUT2D eigenvalue weighted by molar-refractivity contribution is 6.49. The molecule has 2 fully saturated rings. The highest BCUT2D eigenvalue weighted by atomic mass is 16.7. The van der Waals surface area contributed by atoms with Crippen LogP contribution >= 0.6 is 0 Å². The van der Waals surface area contributed by atoms with Crippen LogP contribution in [0.25, 0.3) is 0 Å². The van der Waals surface area contributed by atoms with E-state index in [1.54, 1.807) is 0 Å². The third kappa shape index (κ3) is 3.66. The fraction of sp³-hybridized carbons (Fsp3) is 0.500. The van der Waals surface area contributed by atoms with Crippen LogP contribution in [-0.4, -0.2) is 24.9 Å². The summed E-state index contributed by atoms with van der Waals surface area (Å²) < 4.78 is 18.9. The zero-order chi connectivity index (χ0) is 19.9. The molecule has 2 aliphatic rings. The second kappa shape index (κ2) is 7.33. The fourth-order valence-corrected chi connectivity index (χ4v) is 4.32. The molecule has 0 bridgehead atoms. The van der Waals surface area contributed by atoms with Crippen LogP contribution in [0.5, 0.6) is 0 Å². The Kier molecular flexibility index (Phi) is 5.15. The molecule has 4 rings (SSSR count). The predicted molar refractivity (Wildman–Crippen MR) is 113 cm³/mol. The van der Waals surface area contributed by atoms with Crippen molar-refractivity contribution in [1.29, 1.82) is 0 Å². The lowest BCUT2D eigenvalue weighted by atomic mass is 9.78. The average molecular weight is 378 g/mol. The van der Waals surface area contributed by atoms with Gasteiger partial charge in [-0.05, 0) is 63.1 Å². The van der Waals surface area contributed by atoms with Gasteiger partial charge < -0.3 is 14.0 Å². The first kappa shape index (κ1) is 19.7. The largest absolute Gasteiger partial charge is 0.462 e. The van der Waals surface area contributed by atoms with E-state index < -0.39 is 0 Å². The minimum Gasteiger partial charge on any atom is -0.403 e. The Morgan fingerprint density at radius 2 is 1.50 bits per heavy atom. The summed E-state index contributed by atoms with van der Waals surface area (Å²) in [6.07, 6.45) is 0. The van der Waals surface area contributed by atoms with E-state index in [1.165, 1.54) is 16.7 Å². The molecular formula is C24H31BO3. The van der Waals surface area contributed by atoms with Crippen molar-refractivity contribution in [2.45, 2.75) is 64.2 Å². The smallest absolute Gasteiger partial charge is 0.403 e. The third-order valence-electron chi connectivity index (χ3n) is 6.78. The summed E-state index contributed by atoms with van der Waals surface area (Å²) >= 11 is 0. The van der Waals surface area contributed by atoms with E-state index in [4.69, 9.17) is 14.0 Å². The van der Waals surface area contributed by atoms with Gasteiger partial charge in [-0.1, -0.05) is 54.6 Å². The van der Waals surface area contributed by atoms with Crippen molar-refractivity contribution in [3.8, 4) is 0 Å². The van der Waals surface area contributed by atoms with Crippen LogP contribution in [-0.2, 0) is 20.7 Å². The number of benzene rings is 2. The van der Waals surface area contributed by atoms with E-state index in [0.29, 0.717) is 24.3 Å². The Labute approximate surface area is 169 Å². The van der Waals surface area contributed by atoms with Crippen LogP contribution < -0.4 is 0 Å². The number of rotatable bonds is 6. The number of aryl methyl sites for hydroxylation is 1. The molecule has 1 saturated carbocycles. The van der Waals surface area contributed by atoms with Gasteiger partial charge in [-0.15, -0.1) is 0 Å². The van der Waals surface area contributed by atoms with E-state index in [9.17, 15) is 0 Å². The highest BCUT2D eigenvalue weighted by Crippen LogP contribution is 2.63. The third-order valence-corrected chi connectivity index (χ3v) is 6.78. The summed E-state index contributed by atoms with van der Waals surface area (Å²) in [5, 5.41) is 0. The standard InChI is InChI=1S/C24H31BO3/c1-17-11-9-10-14-19(17)21-20(16-26-15-18-12-7-6-8-13-18)22(21)25-27-23(2,3)24(4,5)28-25/h6-14,20-22H,15-16H2,1-5H3/t20-,21-,22-/m0/s1. The van der Waals surface area contributed by atoms with Crippen molar-refractivity contribution in [2.24, 2.45) is 5.92 Å². The first-order chi connectivity index (χ1) is 13.3. The number of hydrogen-bond acceptors (Lipinski definition) is 3. The van der Waals surface area contributed by atoms with Crippen molar-refractivity contribution in [3.05, 3.63) is 71.3 Å². The molecule has 1 heterocycles. The molecule has 4 heteroatoms. The fourth-order valence-electron chi connectivity index (χ4n) is 4.32. The maximum absolute atomic E-state index is 6.40. The highest BCUT2D eigenvalue weighted by Gasteiger charge is 2.65. The second-order valence-electron chi connectivity index (χ2n) is 9.25. The molecule has 148 valence electrons. The van der Waals surface area contributed by atoms with Gasteiger partial charge in [0.05, 0.1) is 24.4 Å². The van der Waals surface area contributed by atoms with Gasteiger partial charge in [0.2, 0.25) is 0 Å². The quantitative estimate of drug-likeness (QED) is 0.631. The molecule has 0 radical (unpaired) electrons. The molecule has 1 aliphatic carbocycles. The molecular weight excluding hydrogens is 347 g/mol. The second-order valence-corrected chi connectivity index (χ2v) is 9.25.